The number of hydrogen-bond donors (Lipinski definition) is 1. The molecule has 1 aliphatic heterocycles. The smallest absolute Gasteiger partial charge is 0.187 e. The molecule has 0 amide bonds. The Morgan fingerprint density at radius 1 is 1.10 bits per heavy atom. The molecule has 0 radical (unpaired) electrons. The molecule has 2 atom stereocenters. The number of nitrogens with zero attached hydrogens (tertiary/aromatic N) is 5. The second-order valence-corrected chi connectivity index (χ2v) is 9.65. The predicted octanol–water partition coefficient (Wildman–Crippen LogP) is 4.31. The Morgan fingerprint density at radius 3 is 2.74 bits per heavy atom. The minimum Gasteiger partial charge on any atom is -0.324 e. The topological polar surface area (TPSA) is 72.3 Å². The molecule has 31 heavy (non-hydrogen) atoms. The van der Waals surface area contributed by atoms with E-state index in [0.717, 1.165) is 42.2 Å². The summed E-state index contributed by atoms with van der Waals surface area (Å²) in [6.07, 6.45) is 5.72. The average Bonchev–Trinajstić information content (AvgIpc) is 3.43. The van der Waals surface area contributed by atoms with Crippen LogP contribution >= 0.6 is 0 Å². The maximum atomic E-state index is 6.37. The number of likely N-dealkylation sites (tertiary alicyclic amines) is 1. The third kappa shape index (κ3) is 3.30. The van der Waals surface area contributed by atoms with Crippen molar-refractivity contribution in [1.29, 1.82) is 0 Å². The number of fused-ring (bicyclic) bond motifs is 2. The number of nitrogens with two attached hydrogens (primary N) is 1. The highest BCUT2D eigenvalue weighted by atomic mass is 15.3. The van der Waals surface area contributed by atoms with Crippen LogP contribution in [0, 0.1) is 0 Å². The van der Waals surface area contributed by atoms with Crippen molar-refractivity contribution < 1.29 is 0 Å². The summed E-state index contributed by atoms with van der Waals surface area (Å²) in [5, 5.41) is 10.1. The van der Waals surface area contributed by atoms with E-state index in [1.807, 2.05) is 0 Å². The van der Waals surface area contributed by atoms with E-state index in [9.17, 15) is 0 Å². The average molecular weight is 413 g/mol. The predicted molar refractivity (Wildman–Crippen MR) is 123 cm³/mol. The van der Waals surface area contributed by atoms with Crippen molar-refractivity contribution in [2.75, 3.05) is 13.1 Å². The summed E-state index contributed by atoms with van der Waals surface area (Å²) < 4.78 is 2.08. The fourth-order valence-corrected chi connectivity index (χ4v) is 4.91. The molecule has 4 aromatic rings. The summed E-state index contributed by atoms with van der Waals surface area (Å²) in [6, 6.07) is 15.2. The van der Waals surface area contributed by atoms with Gasteiger partial charge in [0.05, 0.1) is 5.52 Å². The SMILES string of the molecule is C[C@@H](c1ccc2nnc(-c3ccc4cccc(C5CC5)c4n3)n2c1)N1CC[C@](C)(N)C1. The highest BCUT2D eigenvalue weighted by Gasteiger charge is 2.33. The zero-order valence-electron chi connectivity index (χ0n) is 18.1. The molecular weight excluding hydrogens is 384 g/mol. The van der Waals surface area contributed by atoms with Crippen LogP contribution in [0.1, 0.15) is 56.2 Å². The third-order valence-electron chi connectivity index (χ3n) is 6.99. The van der Waals surface area contributed by atoms with Gasteiger partial charge in [0, 0.05) is 36.3 Å². The van der Waals surface area contributed by atoms with Gasteiger partial charge in [-0.15, -0.1) is 10.2 Å². The monoisotopic (exact) mass is 412 g/mol. The van der Waals surface area contributed by atoms with Crippen molar-refractivity contribution in [3.63, 3.8) is 0 Å². The molecular formula is C25H28N6. The summed E-state index contributed by atoms with van der Waals surface area (Å²) in [5.74, 6) is 1.45. The number of benzene rings is 1. The Labute approximate surface area is 182 Å². The minimum absolute atomic E-state index is 0.103. The summed E-state index contributed by atoms with van der Waals surface area (Å²) in [7, 11) is 0. The first kappa shape index (κ1) is 18.9. The van der Waals surface area contributed by atoms with Gasteiger partial charge in [-0.05, 0) is 62.3 Å². The van der Waals surface area contributed by atoms with E-state index in [2.05, 4.69) is 82.0 Å². The first-order chi connectivity index (χ1) is 15.0. The Bertz CT molecular complexity index is 1290. The van der Waals surface area contributed by atoms with Gasteiger partial charge in [0.2, 0.25) is 0 Å². The molecule has 3 aromatic heterocycles. The van der Waals surface area contributed by atoms with Gasteiger partial charge >= 0.3 is 0 Å². The molecule has 158 valence electrons. The normalized spacial score (nSPS) is 23.1. The highest BCUT2D eigenvalue weighted by molar-refractivity contribution is 5.84. The molecule has 0 bridgehead atoms. The maximum Gasteiger partial charge on any atom is 0.187 e. The Kier molecular flexibility index (Phi) is 4.17. The first-order valence-corrected chi connectivity index (χ1v) is 11.3. The van der Waals surface area contributed by atoms with Crippen molar-refractivity contribution in [3.8, 4) is 11.5 Å². The van der Waals surface area contributed by atoms with Gasteiger partial charge in [0.15, 0.2) is 11.5 Å². The van der Waals surface area contributed by atoms with Crippen LogP contribution in [0.2, 0.25) is 0 Å². The second-order valence-electron chi connectivity index (χ2n) is 9.65. The molecule has 1 saturated carbocycles. The molecule has 1 saturated heterocycles. The van der Waals surface area contributed by atoms with Gasteiger partial charge in [-0.2, -0.15) is 0 Å². The van der Waals surface area contributed by atoms with E-state index >= 15 is 0 Å². The zero-order valence-corrected chi connectivity index (χ0v) is 18.1. The molecule has 2 N–H and O–H groups in total. The van der Waals surface area contributed by atoms with Crippen molar-refractivity contribution in [2.45, 2.75) is 50.6 Å². The van der Waals surface area contributed by atoms with Gasteiger partial charge in [-0.3, -0.25) is 9.30 Å². The fourth-order valence-electron chi connectivity index (χ4n) is 4.91. The van der Waals surface area contributed by atoms with Gasteiger partial charge in [-0.25, -0.2) is 4.98 Å². The molecule has 0 unspecified atom stereocenters. The second kappa shape index (κ2) is 6.84. The Hall–Kier alpha value is -2.83. The quantitative estimate of drug-likeness (QED) is 0.541. The Balaban J connectivity index is 1.41. The standard InChI is InChI=1S/C25H28N6/c1-16(30-13-12-25(2,26)15-30)19-9-11-22-28-29-24(31(22)14-19)21-10-8-18-4-3-5-20(17-6-7-17)23(18)27-21/h3-5,8-11,14,16-17H,6-7,12-13,15,26H2,1-2H3/t16-,25-/m0/s1. The van der Waals surface area contributed by atoms with E-state index in [1.54, 1.807) is 0 Å². The summed E-state index contributed by atoms with van der Waals surface area (Å²) in [5.41, 5.74) is 11.7. The lowest BCUT2D eigenvalue weighted by Gasteiger charge is -2.26. The van der Waals surface area contributed by atoms with E-state index in [1.165, 1.54) is 29.4 Å². The van der Waals surface area contributed by atoms with Crippen molar-refractivity contribution >= 4 is 16.6 Å². The summed E-state index contributed by atoms with van der Waals surface area (Å²) >= 11 is 0. The van der Waals surface area contributed by atoms with Crippen LogP contribution in [0.25, 0.3) is 28.1 Å². The highest BCUT2D eigenvalue weighted by Crippen LogP contribution is 2.42. The maximum absolute atomic E-state index is 6.37. The minimum atomic E-state index is -0.103. The number of rotatable bonds is 4. The van der Waals surface area contributed by atoms with Crippen molar-refractivity contribution in [3.05, 3.63) is 59.8 Å². The van der Waals surface area contributed by atoms with E-state index < -0.39 is 0 Å². The van der Waals surface area contributed by atoms with Crippen LogP contribution in [0.5, 0.6) is 0 Å². The van der Waals surface area contributed by atoms with Gasteiger partial charge in [-0.1, -0.05) is 30.3 Å². The first-order valence-electron chi connectivity index (χ1n) is 11.3. The molecule has 6 heteroatoms. The molecule has 6 nitrogen and oxygen atoms in total. The van der Waals surface area contributed by atoms with E-state index in [4.69, 9.17) is 10.7 Å². The lowest BCUT2D eigenvalue weighted by Crippen LogP contribution is -2.39. The van der Waals surface area contributed by atoms with Crippen LogP contribution < -0.4 is 5.73 Å². The van der Waals surface area contributed by atoms with Crippen LogP contribution in [-0.2, 0) is 0 Å². The molecule has 1 aromatic carbocycles. The van der Waals surface area contributed by atoms with Crippen LogP contribution in [0.4, 0.5) is 0 Å². The summed E-state index contributed by atoms with van der Waals surface area (Å²) in [4.78, 5) is 7.51. The molecule has 2 fully saturated rings. The van der Waals surface area contributed by atoms with Crippen LogP contribution in [-0.4, -0.2) is 43.1 Å². The number of para-hydroxylation sites is 1. The summed E-state index contributed by atoms with van der Waals surface area (Å²) in [6.45, 7) is 6.33. The molecule has 2 aliphatic rings. The molecule has 6 rings (SSSR count). The van der Waals surface area contributed by atoms with Gasteiger partial charge < -0.3 is 5.73 Å². The molecule has 1 aliphatic carbocycles. The van der Waals surface area contributed by atoms with E-state index in [0.29, 0.717) is 5.92 Å². The van der Waals surface area contributed by atoms with E-state index in [-0.39, 0.29) is 11.6 Å². The molecule has 4 heterocycles. The van der Waals surface area contributed by atoms with Gasteiger partial charge in [0.1, 0.15) is 5.69 Å². The third-order valence-corrected chi connectivity index (χ3v) is 6.99. The Morgan fingerprint density at radius 2 is 1.97 bits per heavy atom. The lowest BCUT2D eigenvalue weighted by atomic mass is 10.0. The zero-order chi connectivity index (χ0) is 21.2. The largest absolute Gasteiger partial charge is 0.324 e. The number of aromatic nitrogens is 4. The van der Waals surface area contributed by atoms with Crippen molar-refractivity contribution in [1.82, 2.24) is 24.5 Å². The fraction of sp³-hybridized carbons (Fsp3) is 0.400. The number of pyridine rings is 2. The van der Waals surface area contributed by atoms with Crippen molar-refractivity contribution in [2.24, 2.45) is 5.73 Å². The van der Waals surface area contributed by atoms with Crippen LogP contribution in [0.15, 0.2) is 48.7 Å². The van der Waals surface area contributed by atoms with Crippen LogP contribution in [0.3, 0.4) is 0 Å². The lowest BCUT2D eigenvalue weighted by molar-refractivity contribution is 0.248. The molecule has 0 spiro atoms. The number of hydrogen-bond acceptors (Lipinski definition) is 5. The van der Waals surface area contributed by atoms with Gasteiger partial charge in [0.25, 0.3) is 0 Å².